The van der Waals surface area contributed by atoms with Crippen molar-refractivity contribution in [2.24, 2.45) is 11.7 Å². The molecule has 0 saturated carbocycles. The summed E-state index contributed by atoms with van der Waals surface area (Å²) in [5, 5.41) is 2.54. The van der Waals surface area contributed by atoms with Crippen molar-refractivity contribution in [3.8, 4) is 0 Å². The van der Waals surface area contributed by atoms with E-state index in [0.717, 1.165) is 0 Å². The van der Waals surface area contributed by atoms with Gasteiger partial charge in [0.1, 0.15) is 5.60 Å². The van der Waals surface area contributed by atoms with Gasteiger partial charge in [-0.2, -0.15) is 0 Å². The number of nitrogens with two attached hydrogens (primary N) is 1. The van der Waals surface area contributed by atoms with Crippen LogP contribution in [0.5, 0.6) is 0 Å². The normalized spacial score (nSPS) is 14.8. The Kier molecular flexibility index (Phi) is 7.19. The van der Waals surface area contributed by atoms with Crippen LogP contribution in [-0.4, -0.2) is 54.1 Å². The standard InChI is InChI=1S/C20H27N3O6/c1-20(2,3)29-19(27)22-15-6-4-5-14(11-15)18(26)28-12-16(24)23-9-7-13(8-10-23)17(21)25/h4-6,11,13H,7-10,12H2,1-3H3,(H2,21,25)(H,22,27). The number of ether oxygens (including phenoxy) is 2. The number of hydrogen-bond acceptors (Lipinski definition) is 6. The summed E-state index contributed by atoms with van der Waals surface area (Å²) in [6, 6.07) is 6.15. The molecule has 0 spiro atoms. The zero-order valence-electron chi connectivity index (χ0n) is 16.9. The van der Waals surface area contributed by atoms with E-state index in [0.29, 0.717) is 31.6 Å². The third-order valence-corrected chi connectivity index (χ3v) is 4.32. The molecule has 3 amide bonds. The molecule has 29 heavy (non-hydrogen) atoms. The van der Waals surface area contributed by atoms with E-state index in [-0.39, 0.29) is 23.3 Å². The lowest BCUT2D eigenvalue weighted by Crippen LogP contribution is -2.43. The molecule has 1 aromatic rings. The van der Waals surface area contributed by atoms with Crippen LogP contribution in [0.4, 0.5) is 10.5 Å². The van der Waals surface area contributed by atoms with Crippen molar-refractivity contribution >= 4 is 29.6 Å². The van der Waals surface area contributed by atoms with Gasteiger partial charge >= 0.3 is 12.1 Å². The van der Waals surface area contributed by atoms with Crippen LogP contribution in [0.3, 0.4) is 0 Å². The van der Waals surface area contributed by atoms with Gasteiger partial charge in [-0.1, -0.05) is 6.07 Å². The van der Waals surface area contributed by atoms with Gasteiger partial charge in [0.05, 0.1) is 5.56 Å². The number of likely N-dealkylation sites (tertiary alicyclic amines) is 1. The number of hydrogen-bond donors (Lipinski definition) is 2. The molecule has 9 nitrogen and oxygen atoms in total. The van der Waals surface area contributed by atoms with Gasteiger partial charge in [0, 0.05) is 24.7 Å². The van der Waals surface area contributed by atoms with Crippen LogP contribution >= 0.6 is 0 Å². The molecule has 1 aromatic carbocycles. The number of primary amides is 1. The van der Waals surface area contributed by atoms with Crippen molar-refractivity contribution in [1.82, 2.24) is 4.90 Å². The molecule has 3 N–H and O–H groups in total. The summed E-state index contributed by atoms with van der Waals surface area (Å²) >= 11 is 0. The number of rotatable bonds is 5. The van der Waals surface area contributed by atoms with Gasteiger partial charge in [-0.25, -0.2) is 9.59 Å². The maximum absolute atomic E-state index is 12.2. The highest BCUT2D eigenvalue weighted by atomic mass is 16.6. The minimum atomic E-state index is -0.682. The number of amides is 3. The number of benzene rings is 1. The fraction of sp³-hybridized carbons (Fsp3) is 0.500. The summed E-state index contributed by atoms with van der Waals surface area (Å²) < 4.78 is 10.3. The molecule has 0 unspecified atom stereocenters. The van der Waals surface area contributed by atoms with Crippen molar-refractivity contribution in [2.45, 2.75) is 39.2 Å². The van der Waals surface area contributed by atoms with Crippen LogP contribution in [0.1, 0.15) is 44.0 Å². The number of esters is 1. The molecule has 0 radical (unpaired) electrons. The lowest BCUT2D eigenvalue weighted by Gasteiger charge is -2.30. The predicted octanol–water partition coefficient (Wildman–Crippen LogP) is 1.91. The van der Waals surface area contributed by atoms with Gasteiger partial charge in [0.2, 0.25) is 5.91 Å². The Labute approximate surface area is 169 Å². The molecule has 1 saturated heterocycles. The van der Waals surface area contributed by atoms with Crippen molar-refractivity contribution in [3.05, 3.63) is 29.8 Å². The fourth-order valence-electron chi connectivity index (χ4n) is 2.86. The first-order chi connectivity index (χ1) is 13.5. The molecule has 1 fully saturated rings. The van der Waals surface area contributed by atoms with Crippen LogP contribution in [0.25, 0.3) is 0 Å². The van der Waals surface area contributed by atoms with Gasteiger partial charge in [-0.05, 0) is 51.8 Å². The number of carbonyl (C=O) groups is 4. The number of nitrogens with one attached hydrogen (secondary N) is 1. The summed E-state index contributed by atoms with van der Waals surface area (Å²) in [5.74, 6) is -1.59. The lowest BCUT2D eigenvalue weighted by molar-refractivity contribution is -0.137. The maximum atomic E-state index is 12.2. The summed E-state index contributed by atoms with van der Waals surface area (Å²) in [6.07, 6.45) is 0.374. The van der Waals surface area contributed by atoms with E-state index >= 15 is 0 Å². The Morgan fingerprint density at radius 1 is 1.17 bits per heavy atom. The molecule has 0 bridgehead atoms. The monoisotopic (exact) mass is 405 g/mol. The second-order valence-electron chi connectivity index (χ2n) is 7.84. The highest BCUT2D eigenvalue weighted by Crippen LogP contribution is 2.17. The highest BCUT2D eigenvalue weighted by molar-refractivity contribution is 5.94. The summed E-state index contributed by atoms with van der Waals surface area (Å²) in [4.78, 5) is 49.0. The molecule has 0 aliphatic carbocycles. The molecular weight excluding hydrogens is 378 g/mol. The second-order valence-corrected chi connectivity index (χ2v) is 7.84. The predicted molar refractivity (Wildman–Crippen MR) is 105 cm³/mol. The Morgan fingerprint density at radius 2 is 1.83 bits per heavy atom. The van der Waals surface area contributed by atoms with Gasteiger partial charge in [-0.15, -0.1) is 0 Å². The topological polar surface area (TPSA) is 128 Å². The fourth-order valence-corrected chi connectivity index (χ4v) is 2.86. The zero-order valence-corrected chi connectivity index (χ0v) is 16.9. The highest BCUT2D eigenvalue weighted by Gasteiger charge is 2.26. The van der Waals surface area contributed by atoms with Crippen molar-refractivity contribution in [3.63, 3.8) is 0 Å². The number of carbonyl (C=O) groups excluding carboxylic acids is 4. The Bertz CT molecular complexity index is 779. The SMILES string of the molecule is CC(C)(C)OC(=O)Nc1cccc(C(=O)OCC(=O)N2CCC(C(N)=O)CC2)c1. The average Bonchev–Trinajstić information content (AvgIpc) is 2.64. The van der Waals surface area contributed by atoms with Crippen LogP contribution in [0, 0.1) is 5.92 Å². The summed E-state index contributed by atoms with van der Waals surface area (Å²) in [6.45, 7) is 5.64. The van der Waals surface area contributed by atoms with Crippen LogP contribution in [0.2, 0.25) is 0 Å². The Hall–Kier alpha value is -3.10. The first kappa shape index (κ1) is 22.2. The smallest absolute Gasteiger partial charge is 0.412 e. The van der Waals surface area contributed by atoms with Crippen molar-refractivity contribution < 1.29 is 28.7 Å². The molecule has 2 rings (SSSR count). The minimum Gasteiger partial charge on any atom is -0.452 e. The van der Waals surface area contributed by atoms with Crippen LogP contribution in [-0.2, 0) is 19.1 Å². The first-order valence-corrected chi connectivity index (χ1v) is 9.39. The molecule has 1 aliphatic rings. The number of nitrogens with zero attached hydrogens (tertiary/aromatic N) is 1. The van der Waals surface area contributed by atoms with Crippen molar-refractivity contribution in [2.75, 3.05) is 25.0 Å². The van der Waals surface area contributed by atoms with E-state index < -0.39 is 24.3 Å². The minimum absolute atomic E-state index is 0.193. The van der Waals surface area contributed by atoms with Gasteiger partial charge in [0.15, 0.2) is 6.61 Å². The molecule has 1 aliphatic heterocycles. The van der Waals surface area contributed by atoms with E-state index in [2.05, 4.69) is 5.32 Å². The van der Waals surface area contributed by atoms with Gasteiger partial charge < -0.3 is 20.1 Å². The molecule has 9 heteroatoms. The largest absolute Gasteiger partial charge is 0.452 e. The van der Waals surface area contributed by atoms with E-state index in [1.165, 1.54) is 12.1 Å². The van der Waals surface area contributed by atoms with E-state index in [4.69, 9.17) is 15.2 Å². The van der Waals surface area contributed by atoms with Crippen LogP contribution in [0.15, 0.2) is 24.3 Å². The third-order valence-electron chi connectivity index (χ3n) is 4.32. The number of piperidine rings is 1. The number of anilines is 1. The van der Waals surface area contributed by atoms with E-state index in [9.17, 15) is 19.2 Å². The second kappa shape index (κ2) is 9.40. The average molecular weight is 405 g/mol. The van der Waals surface area contributed by atoms with Crippen molar-refractivity contribution in [1.29, 1.82) is 0 Å². The Balaban J connectivity index is 1.85. The molecule has 0 atom stereocenters. The molecule has 0 aromatic heterocycles. The third kappa shape index (κ3) is 7.10. The maximum Gasteiger partial charge on any atom is 0.412 e. The zero-order chi connectivity index (χ0) is 21.6. The van der Waals surface area contributed by atoms with Gasteiger partial charge in [0.25, 0.3) is 5.91 Å². The molecular formula is C20H27N3O6. The summed E-state index contributed by atoms with van der Waals surface area (Å²) in [7, 11) is 0. The lowest BCUT2D eigenvalue weighted by atomic mass is 9.96. The quantitative estimate of drug-likeness (QED) is 0.720. The Morgan fingerprint density at radius 3 is 2.41 bits per heavy atom. The molecule has 1 heterocycles. The van der Waals surface area contributed by atoms with E-state index in [1.807, 2.05) is 0 Å². The summed E-state index contributed by atoms with van der Waals surface area (Å²) in [5.41, 5.74) is 5.19. The molecule has 158 valence electrons. The first-order valence-electron chi connectivity index (χ1n) is 9.39. The van der Waals surface area contributed by atoms with Crippen LogP contribution < -0.4 is 11.1 Å². The van der Waals surface area contributed by atoms with Gasteiger partial charge in [-0.3, -0.25) is 14.9 Å². The van der Waals surface area contributed by atoms with E-state index in [1.54, 1.807) is 37.8 Å².